The monoisotopic (exact) mass is 641 g/mol. The third-order valence-electron chi connectivity index (χ3n) is 8.81. The van der Waals surface area contributed by atoms with Gasteiger partial charge < -0.3 is 29.2 Å². The first kappa shape index (κ1) is 24.3. The molecule has 0 bridgehead atoms. The van der Waals surface area contributed by atoms with Gasteiger partial charge in [0.2, 0.25) is 6.54 Å². The predicted molar refractivity (Wildman–Crippen MR) is 171 cm³/mol. The summed E-state index contributed by atoms with van der Waals surface area (Å²) in [5.74, 6) is -1.99. The largest absolute Gasteiger partial charge is 0.463 e. The van der Waals surface area contributed by atoms with Crippen LogP contribution in [0.2, 0.25) is 5.02 Å². The van der Waals surface area contributed by atoms with E-state index in [0.717, 1.165) is 10.9 Å². The van der Waals surface area contributed by atoms with Crippen molar-refractivity contribution in [1.82, 2.24) is 19.8 Å². The Labute approximate surface area is 275 Å². The number of fused-ring (bicyclic) bond motifs is 2. The van der Waals surface area contributed by atoms with Crippen LogP contribution in [0.5, 0.6) is 6.01 Å². The summed E-state index contributed by atoms with van der Waals surface area (Å²) in [6.45, 7) is 5.94. The minimum Gasteiger partial charge on any atom is -0.463 e. The number of amides is 1. The van der Waals surface area contributed by atoms with Crippen molar-refractivity contribution in [3.8, 4) is 6.01 Å². The van der Waals surface area contributed by atoms with Gasteiger partial charge in [-0.25, -0.2) is 15.4 Å². The smallest absolute Gasteiger partial charge is 0.318 e. The Morgan fingerprint density at radius 1 is 1.24 bits per heavy atom. The normalized spacial score (nSPS) is 21.5. The second-order valence-electron chi connectivity index (χ2n) is 11.9. The SMILES string of the molecule is [2H]C([2H])([2H])N(CC1(COc2nc3c(c(N4CCN(C(=O)C(=C)F)[C@@H](C[N+]#[C-])C4)n2)CCN(c2cccc4ccc(F)c(Cl)c24)C3)CC1)C([2H])([2H])[2H]. The highest BCUT2D eigenvalue weighted by Crippen LogP contribution is 2.46. The molecule has 3 aromatic rings. The minimum absolute atomic E-state index is 0.00779. The second kappa shape index (κ2) is 12.4. The zero-order chi connectivity index (χ0) is 36.9. The first-order chi connectivity index (χ1) is 24.0. The van der Waals surface area contributed by atoms with Gasteiger partial charge in [-0.15, -0.1) is 0 Å². The molecule has 2 fully saturated rings. The van der Waals surface area contributed by atoms with Crippen LogP contribution < -0.4 is 14.5 Å². The van der Waals surface area contributed by atoms with Crippen LogP contribution in [0.25, 0.3) is 15.6 Å². The number of anilines is 2. The van der Waals surface area contributed by atoms with Gasteiger partial charge in [-0.05, 0) is 50.7 Å². The first-order valence-electron chi connectivity index (χ1n) is 17.7. The summed E-state index contributed by atoms with van der Waals surface area (Å²) in [4.78, 5) is 31.4. The summed E-state index contributed by atoms with van der Waals surface area (Å²) in [6, 6.07) is 7.92. The van der Waals surface area contributed by atoms with Crippen LogP contribution in [0.3, 0.4) is 0 Å². The molecule has 1 aromatic heterocycles. The number of carbonyl (C=O) groups is 1. The van der Waals surface area contributed by atoms with Crippen molar-refractivity contribution in [3.05, 3.63) is 76.3 Å². The topological polar surface area (TPSA) is 69.4 Å². The number of ether oxygens (including phenoxy) is 1. The van der Waals surface area contributed by atoms with Gasteiger partial charge in [0.25, 0.3) is 5.91 Å². The van der Waals surface area contributed by atoms with Crippen molar-refractivity contribution in [1.29, 1.82) is 0 Å². The Bertz CT molecular complexity index is 1890. The number of hydrogen-bond donors (Lipinski definition) is 0. The average Bonchev–Trinajstić information content (AvgIpc) is 3.86. The molecule has 236 valence electrons. The molecular weight excluding hydrogens is 600 g/mol. The molecule has 0 spiro atoms. The zero-order valence-corrected chi connectivity index (χ0v) is 25.3. The molecule has 0 N–H and O–H groups in total. The van der Waals surface area contributed by atoms with Gasteiger partial charge in [0.15, 0.2) is 5.83 Å². The molecule has 1 saturated carbocycles. The maximum Gasteiger partial charge on any atom is 0.318 e. The van der Waals surface area contributed by atoms with Gasteiger partial charge >= 0.3 is 6.01 Å². The van der Waals surface area contributed by atoms with E-state index >= 15 is 0 Å². The van der Waals surface area contributed by atoms with Crippen molar-refractivity contribution in [2.45, 2.75) is 31.8 Å². The molecule has 0 radical (unpaired) electrons. The standard InChI is InChI=1S/C33H36ClF2N7O2/c1-21(35)31(44)43-15-14-42(17-23(43)16-37-2)30-24-10-13-41(27-7-5-6-22-8-9-25(36)29(34)28(22)27)18-26(24)38-32(39-30)45-20-33(11-12-33)19-40(3)4/h5-9,23H,1,10-20H2,3-4H3/t23-/m0/s1/i3D3,4D3. The number of aromatic nitrogens is 2. The number of nitrogens with zero attached hydrogens (tertiary/aromatic N) is 7. The lowest BCUT2D eigenvalue weighted by Crippen LogP contribution is -2.57. The summed E-state index contributed by atoms with van der Waals surface area (Å²) >= 11 is 6.47. The summed E-state index contributed by atoms with van der Waals surface area (Å²) in [6.07, 6.45) is 1.57. The van der Waals surface area contributed by atoms with Crippen LogP contribution >= 0.6 is 11.6 Å². The Morgan fingerprint density at radius 3 is 2.80 bits per heavy atom. The van der Waals surface area contributed by atoms with E-state index in [1.807, 2.05) is 28.0 Å². The second-order valence-corrected chi connectivity index (χ2v) is 12.3. The number of piperazine rings is 1. The van der Waals surface area contributed by atoms with E-state index in [2.05, 4.69) is 11.4 Å². The molecular formula is C33H36ClF2N7O2. The van der Waals surface area contributed by atoms with Crippen LogP contribution in [0, 0.1) is 17.8 Å². The number of carbonyl (C=O) groups excluding carboxylic acids is 1. The molecule has 1 amide bonds. The Balaban J connectivity index is 1.34. The van der Waals surface area contributed by atoms with Crippen LogP contribution in [-0.2, 0) is 17.8 Å². The lowest BCUT2D eigenvalue weighted by atomic mass is 10.0. The van der Waals surface area contributed by atoms with Gasteiger partial charge in [-0.1, -0.05) is 36.4 Å². The third-order valence-corrected chi connectivity index (χ3v) is 9.18. The molecule has 6 rings (SSSR count). The fraction of sp³-hybridized carbons (Fsp3) is 0.455. The van der Waals surface area contributed by atoms with Gasteiger partial charge in [0.1, 0.15) is 17.7 Å². The molecule has 0 unspecified atom stereocenters. The lowest BCUT2D eigenvalue weighted by molar-refractivity contribution is -0.131. The van der Waals surface area contributed by atoms with Crippen molar-refractivity contribution < 1.29 is 26.5 Å². The van der Waals surface area contributed by atoms with E-state index in [1.54, 1.807) is 6.07 Å². The van der Waals surface area contributed by atoms with E-state index in [-0.39, 0.29) is 56.9 Å². The Kier molecular flexibility index (Phi) is 6.69. The third kappa shape index (κ3) is 6.26. The maximum absolute atomic E-state index is 14.6. The molecule has 45 heavy (non-hydrogen) atoms. The molecule has 2 aliphatic heterocycles. The molecule has 12 heteroatoms. The van der Waals surface area contributed by atoms with E-state index < -0.39 is 43.0 Å². The van der Waals surface area contributed by atoms with Crippen LogP contribution in [0.4, 0.5) is 20.3 Å². The highest BCUT2D eigenvalue weighted by Gasteiger charge is 2.44. The minimum atomic E-state index is -2.84. The van der Waals surface area contributed by atoms with E-state index in [9.17, 15) is 13.6 Å². The zero-order valence-electron chi connectivity index (χ0n) is 30.5. The molecule has 2 aromatic carbocycles. The molecule has 1 aliphatic carbocycles. The number of benzene rings is 2. The van der Waals surface area contributed by atoms with Gasteiger partial charge in [-0.2, -0.15) is 9.97 Å². The molecule has 3 aliphatic rings. The highest BCUT2D eigenvalue weighted by molar-refractivity contribution is 6.36. The molecule has 1 saturated heterocycles. The molecule has 1 atom stereocenters. The Morgan fingerprint density at radius 2 is 2.07 bits per heavy atom. The van der Waals surface area contributed by atoms with Crippen molar-refractivity contribution >= 4 is 39.8 Å². The quantitative estimate of drug-likeness (QED) is 0.237. The average molecular weight is 642 g/mol. The molecule has 3 heterocycles. The van der Waals surface area contributed by atoms with Crippen molar-refractivity contribution in [2.24, 2.45) is 5.41 Å². The number of hydrogen-bond acceptors (Lipinski definition) is 7. The van der Waals surface area contributed by atoms with Crippen molar-refractivity contribution in [3.63, 3.8) is 0 Å². The maximum atomic E-state index is 14.6. The van der Waals surface area contributed by atoms with E-state index in [1.165, 1.54) is 11.0 Å². The van der Waals surface area contributed by atoms with E-state index in [4.69, 9.17) is 41.1 Å². The van der Waals surface area contributed by atoms with Crippen LogP contribution in [0.1, 0.15) is 32.3 Å². The van der Waals surface area contributed by atoms with E-state index in [0.29, 0.717) is 53.3 Å². The lowest BCUT2D eigenvalue weighted by Gasteiger charge is -2.41. The summed E-state index contributed by atoms with van der Waals surface area (Å²) in [5, 5.41) is 1.34. The number of halogens is 3. The predicted octanol–water partition coefficient (Wildman–Crippen LogP) is 5.13. The molecule has 9 nitrogen and oxygen atoms in total. The Hall–Kier alpha value is -4.01. The van der Waals surface area contributed by atoms with Crippen LogP contribution in [0.15, 0.2) is 42.7 Å². The number of rotatable bonds is 9. The summed E-state index contributed by atoms with van der Waals surface area (Å²) in [5.41, 5.74) is 1.40. The van der Waals surface area contributed by atoms with Gasteiger partial charge in [0.05, 0.1) is 23.9 Å². The highest BCUT2D eigenvalue weighted by atomic mass is 35.5. The van der Waals surface area contributed by atoms with Crippen molar-refractivity contribution in [2.75, 3.05) is 69.6 Å². The van der Waals surface area contributed by atoms with Crippen LogP contribution in [-0.4, -0.2) is 91.5 Å². The fourth-order valence-corrected chi connectivity index (χ4v) is 6.55. The summed E-state index contributed by atoms with van der Waals surface area (Å²) < 4.78 is 81.5. The fourth-order valence-electron chi connectivity index (χ4n) is 6.29. The van der Waals surface area contributed by atoms with Gasteiger partial charge in [-0.3, -0.25) is 4.79 Å². The van der Waals surface area contributed by atoms with Gasteiger partial charge in [0, 0.05) is 63.0 Å². The first-order valence-corrected chi connectivity index (χ1v) is 15.0. The summed E-state index contributed by atoms with van der Waals surface area (Å²) in [7, 11) is 0.